The Morgan fingerprint density at radius 3 is 2.56 bits per heavy atom. The normalized spacial score (nSPS) is 41.6. The lowest BCUT2D eigenvalue weighted by Gasteiger charge is -2.38. The van der Waals surface area contributed by atoms with Crippen LogP contribution in [0.1, 0.15) is 32.1 Å². The molecule has 0 aromatic rings. The molecule has 2 unspecified atom stereocenters. The first-order chi connectivity index (χ1) is 4.38. The maximum Gasteiger partial charge on any atom is 0.136 e. The monoisotopic (exact) mass is 124 g/mol. The van der Waals surface area contributed by atoms with E-state index in [4.69, 9.17) is 0 Å². The van der Waals surface area contributed by atoms with Gasteiger partial charge in [0.25, 0.3) is 0 Å². The highest BCUT2D eigenvalue weighted by Gasteiger charge is 2.38. The summed E-state index contributed by atoms with van der Waals surface area (Å²) in [6.07, 6.45) is 5.90. The molecule has 0 aromatic heterocycles. The molecule has 0 amide bonds. The van der Waals surface area contributed by atoms with Gasteiger partial charge in [-0.3, -0.25) is 4.79 Å². The van der Waals surface area contributed by atoms with Crippen molar-refractivity contribution in [1.82, 2.24) is 0 Å². The minimum Gasteiger partial charge on any atom is -0.299 e. The van der Waals surface area contributed by atoms with Gasteiger partial charge < -0.3 is 0 Å². The van der Waals surface area contributed by atoms with E-state index in [-0.39, 0.29) is 0 Å². The predicted molar refractivity (Wildman–Crippen MR) is 35.1 cm³/mol. The van der Waals surface area contributed by atoms with E-state index >= 15 is 0 Å². The van der Waals surface area contributed by atoms with Crippen LogP contribution in [0.5, 0.6) is 0 Å². The predicted octanol–water partition coefficient (Wildman–Crippen LogP) is 1.77. The van der Waals surface area contributed by atoms with Crippen molar-refractivity contribution in [2.24, 2.45) is 11.8 Å². The van der Waals surface area contributed by atoms with Crippen molar-refractivity contribution in [3.8, 4) is 0 Å². The third-order valence-electron chi connectivity index (χ3n) is 2.83. The van der Waals surface area contributed by atoms with Crippen LogP contribution in [0.3, 0.4) is 0 Å². The SMILES string of the molecule is O=C1CCCC2CCC12. The number of fused-ring (bicyclic) bond motifs is 1. The number of Topliss-reactive ketones (excluding diaryl/α,β-unsaturated/α-hetero) is 1. The molecule has 2 aliphatic carbocycles. The molecule has 2 atom stereocenters. The van der Waals surface area contributed by atoms with E-state index in [9.17, 15) is 4.79 Å². The fourth-order valence-corrected chi connectivity index (χ4v) is 2.06. The standard InChI is InChI=1S/C8H12O/c9-8-3-1-2-6-4-5-7(6)8/h6-7H,1-5H2. The van der Waals surface area contributed by atoms with Crippen molar-refractivity contribution in [3.05, 3.63) is 0 Å². The molecule has 2 aliphatic rings. The minimum absolute atomic E-state index is 0.513. The highest BCUT2D eigenvalue weighted by molar-refractivity contribution is 5.82. The Morgan fingerprint density at radius 1 is 1.22 bits per heavy atom. The number of hydrogen-bond acceptors (Lipinski definition) is 1. The second kappa shape index (κ2) is 1.83. The molecule has 0 bridgehead atoms. The van der Waals surface area contributed by atoms with Gasteiger partial charge in [-0.1, -0.05) is 0 Å². The summed E-state index contributed by atoms with van der Waals surface area (Å²) in [6, 6.07) is 0. The molecule has 0 saturated heterocycles. The Morgan fingerprint density at radius 2 is 2.11 bits per heavy atom. The van der Waals surface area contributed by atoms with E-state index in [0.717, 1.165) is 12.3 Å². The Kier molecular flexibility index (Phi) is 1.11. The molecular formula is C8H12O. The van der Waals surface area contributed by atoms with Gasteiger partial charge in [0, 0.05) is 12.3 Å². The van der Waals surface area contributed by atoms with Crippen LogP contribution in [0.15, 0.2) is 0 Å². The molecule has 0 aliphatic heterocycles. The van der Waals surface area contributed by atoms with Crippen molar-refractivity contribution in [2.45, 2.75) is 32.1 Å². The molecule has 9 heavy (non-hydrogen) atoms. The summed E-state index contributed by atoms with van der Waals surface area (Å²) in [5, 5.41) is 0. The lowest BCUT2D eigenvalue weighted by molar-refractivity contribution is -0.130. The Labute approximate surface area is 55.4 Å². The zero-order valence-electron chi connectivity index (χ0n) is 5.60. The van der Waals surface area contributed by atoms with Crippen LogP contribution >= 0.6 is 0 Å². The number of hydrogen-bond donors (Lipinski definition) is 0. The lowest BCUT2D eigenvalue weighted by atomic mass is 9.65. The van der Waals surface area contributed by atoms with E-state index in [1.807, 2.05) is 0 Å². The van der Waals surface area contributed by atoms with E-state index in [1.165, 1.54) is 25.7 Å². The quantitative estimate of drug-likeness (QED) is 0.481. The Bertz CT molecular complexity index is 140. The number of ketones is 1. The minimum atomic E-state index is 0.513. The molecule has 1 heteroatoms. The first-order valence-corrected chi connectivity index (χ1v) is 3.90. The molecule has 0 radical (unpaired) electrons. The topological polar surface area (TPSA) is 17.1 Å². The molecule has 0 heterocycles. The number of carbonyl (C=O) groups is 1. The smallest absolute Gasteiger partial charge is 0.136 e. The molecule has 1 nitrogen and oxygen atoms in total. The third kappa shape index (κ3) is 0.707. The zero-order chi connectivity index (χ0) is 6.27. The maximum atomic E-state index is 11.1. The van der Waals surface area contributed by atoms with E-state index in [1.54, 1.807) is 0 Å². The van der Waals surface area contributed by atoms with Crippen molar-refractivity contribution >= 4 is 5.78 Å². The van der Waals surface area contributed by atoms with Crippen LogP contribution in [0.25, 0.3) is 0 Å². The van der Waals surface area contributed by atoms with E-state index in [0.29, 0.717) is 11.7 Å². The van der Waals surface area contributed by atoms with Crippen molar-refractivity contribution < 1.29 is 4.79 Å². The first kappa shape index (κ1) is 5.45. The lowest BCUT2D eigenvalue weighted by Crippen LogP contribution is -2.36. The number of carbonyl (C=O) groups excluding carboxylic acids is 1. The second-order valence-electron chi connectivity index (χ2n) is 3.30. The van der Waals surface area contributed by atoms with Gasteiger partial charge in [-0.25, -0.2) is 0 Å². The molecule has 50 valence electrons. The first-order valence-electron chi connectivity index (χ1n) is 3.90. The van der Waals surface area contributed by atoms with Crippen LogP contribution < -0.4 is 0 Å². The molecule has 2 fully saturated rings. The molecule has 0 spiro atoms. The van der Waals surface area contributed by atoms with E-state index in [2.05, 4.69) is 0 Å². The van der Waals surface area contributed by atoms with Crippen LogP contribution in [0.2, 0.25) is 0 Å². The van der Waals surface area contributed by atoms with Crippen molar-refractivity contribution in [3.63, 3.8) is 0 Å². The summed E-state index contributed by atoms with van der Waals surface area (Å²) in [4.78, 5) is 11.1. The van der Waals surface area contributed by atoms with Gasteiger partial charge in [0.15, 0.2) is 0 Å². The summed E-state index contributed by atoms with van der Waals surface area (Å²) in [6.45, 7) is 0. The summed E-state index contributed by atoms with van der Waals surface area (Å²) in [5.41, 5.74) is 0. The zero-order valence-corrected chi connectivity index (χ0v) is 5.60. The molecule has 2 saturated carbocycles. The summed E-state index contributed by atoms with van der Waals surface area (Å²) < 4.78 is 0. The summed E-state index contributed by atoms with van der Waals surface area (Å²) in [7, 11) is 0. The van der Waals surface area contributed by atoms with Crippen LogP contribution in [0.4, 0.5) is 0 Å². The fraction of sp³-hybridized carbons (Fsp3) is 0.875. The van der Waals surface area contributed by atoms with E-state index < -0.39 is 0 Å². The van der Waals surface area contributed by atoms with Crippen molar-refractivity contribution in [1.29, 1.82) is 0 Å². The fourth-order valence-electron chi connectivity index (χ4n) is 2.06. The average molecular weight is 124 g/mol. The molecular weight excluding hydrogens is 112 g/mol. The third-order valence-corrected chi connectivity index (χ3v) is 2.83. The van der Waals surface area contributed by atoms with Gasteiger partial charge in [0.2, 0.25) is 0 Å². The van der Waals surface area contributed by atoms with Crippen molar-refractivity contribution in [2.75, 3.05) is 0 Å². The second-order valence-corrected chi connectivity index (χ2v) is 3.30. The molecule has 0 N–H and O–H groups in total. The largest absolute Gasteiger partial charge is 0.299 e. The molecule has 2 rings (SSSR count). The van der Waals surface area contributed by atoms with Crippen LogP contribution in [-0.2, 0) is 4.79 Å². The molecule has 0 aromatic carbocycles. The Hall–Kier alpha value is -0.330. The summed E-state index contributed by atoms with van der Waals surface area (Å²) in [5.74, 6) is 1.88. The van der Waals surface area contributed by atoms with Gasteiger partial charge in [-0.2, -0.15) is 0 Å². The van der Waals surface area contributed by atoms with Gasteiger partial charge in [0.05, 0.1) is 0 Å². The van der Waals surface area contributed by atoms with Gasteiger partial charge in [-0.05, 0) is 31.6 Å². The van der Waals surface area contributed by atoms with Crippen LogP contribution in [-0.4, -0.2) is 5.78 Å². The highest BCUT2D eigenvalue weighted by atomic mass is 16.1. The highest BCUT2D eigenvalue weighted by Crippen LogP contribution is 2.42. The number of rotatable bonds is 0. The summed E-state index contributed by atoms with van der Waals surface area (Å²) >= 11 is 0. The van der Waals surface area contributed by atoms with Crippen LogP contribution in [0, 0.1) is 11.8 Å². The maximum absolute atomic E-state index is 11.1. The average Bonchev–Trinajstić information content (AvgIpc) is 1.74. The Balaban J connectivity index is 2.06. The van der Waals surface area contributed by atoms with Gasteiger partial charge in [-0.15, -0.1) is 0 Å². The van der Waals surface area contributed by atoms with Gasteiger partial charge >= 0.3 is 0 Å². The van der Waals surface area contributed by atoms with Gasteiger partial charge in [0.1, 0.15) is 5.78 Å².